The molecule has 24 heavy (non-hydrogen) atoms. The number of carbonyl (C=O) groups excluding carboxylic acids is 1. The van der Waals surface area contributed by atoms with Crippen molar-refractivity contribution in [2.24, 2.45) is 0 Å². The Kier molecular flexibility index (Phi) is 4.82. The molecule has 6 heteroatoms. The van der Waals surface area contributed by atoms with E-state index in [1.807, 2.05) is 43.3 Å². The van der Waals surface area contributed by atoms with Crippen LogP contribution in [-0.4, -0.2) is 28.7 Å². The second-order valence-electron chi connectivity index (χ2n) is 5.30. The van der Waals surface area contributed by atoms with Crippen LogP contribution >= 0.6 is 10.7 Å². The summed E-state index contributed by atoms with van der Waals surface area (Å²) in [5.74, 6) is 0. The van der Waals surface area contributed by atoms with E-state index in [-0.39, 0.29) is 9.47 Å². The number of carbonyl (C=O) groups is 1. The van der Waals surface area contributed by atoms with Gasteiger partial charge in [-0.1, -0.05) is 0 Å². The molecule has 0 spiro atoms. The first-order valence-corrected chi connectivity index (χ1v) is 11.3. The number of aryl methyl sites for hydroxylation is 1. The minimum absolute atomic E-state index is 0.0769. The number of benzene rings is 3. The molecule has 0 aliphatic carbocycles. The maximum atomic E-state index is 12.7. The van der Waals surface area contributed by atoms with E-state index in [4.69, 9.17) is 10.7 Å². The van der Waals surface area contributed by atoms with Crippen molar-refractivity contribution in [1.29, 1.82) is 0 Å². The van der Waals surface area contributed by atoms with Crippen LogP contribution in [0.15, 0.2) is 65.6 Å². The zero-order valence-electron chi connectivity index (χ0n) is 12.7. The summed E-state index contributed by atoms with van der Waals surface area (Å²) in [4.78, 5) is 12.7. The fourth-order valence-electron chi connectivity index (χ4n) is 2.55. The molecule has 0 saturated carbocycles. The molecule has 0 bridgehead atoms. The predicted molar refractivity (Wildman–Crippen MR) is 97.9 cm³/mol. The molecule has 0 fully saturated rings. The first-order valence-electron chi connectivity index (χ1n) is 7.16. The van der Waals surface area contributed by atoms with Gasteiger partial charge in [0.2, 0.25) is 0 Å². The van der Waals surface area contributed by atoms with E-state index in [1.54, 1.807) is 18.2 Å². The van der Waals surface area contributed by atoms with Gasteiger partial charge in [0.05, 0.1) is 0 Å². The fraction of sp³-hybridized carbons (Fsp3) is 0.0556. The first-order chi connectivity index (χ1) is 11.4. The van der Waals surface area contributed by atoms with Gasteiger partial charge in [-0.2, -0.15) is 0 Å². The summed E-state index contributed by atoms with van der Waals surface area (Å²) in [6.45, 7) is 1.91. The predicted octanol–water partition coefficient (Wildman–Crippen LogP) is 3.25. The standard InChI is InChI=1S/C18H13AsClO3S/c1-12-6-2-3-7-13(12)18(21)19-16-10-11-17(24(20,22)23)15-9-5-4-8-14(15)16/h2-11H,1H3. The van der Waals surface area contributed by atoms with Crippen LogP contribution in [-0.2, 0) is 9.05 Å². The van der Waals surface area contributed by atoms with Gasteiger partial charge in [0.1, 0.15) is 0 Å². The maximum absolute atomic E-state index is 12.7. The molecule has 0 aliphatic heterocycles. The Balaban J connectivity index is 2.09. The summed E-state index contributed by atoms with van der Waals surface area (Å²) in [5, 5.41) is 1.32. The molecule has 0 saturated heterocycles. The Morgan fingerprint density at radius 2 is 1.54 bits per heavy atom. The van der Waals surface area contributed by atoms with Gasteiger partial charge in [-0.25, -0.2) is 0 Å². The van der Waals surface area contributed by atoms with Gasteiger partial charge in [-0.3, -0.25) is 0 Å². The fourth-order valence-corrected chi connectivity index (χ4v) is 5.84. The van der Waals surface area contributed by atoms with E-state index in [1.165, 1.54) is 6.07 Å². The molecule has 0 N–H and O–H groups in total. The van der Waals surface area contributed by atoms with Gasteiger partial charge in [-0.05, 0) is 0 Å². The van der Waals surface area contributed by atoms with Gasteiger partial charge in [0.15, 0.2) is 0 Å². The summed E-state index contributed by atoms with van der Waals surface area (Å²) >= 11 is -0.788. The third-order valence-corrected chi connectivity index (χ3v) is 7.36. The molecular formula is C18H13AsClO3S. The Morgan fingerprint density at radius 1 is 0.917 bits per heavy atom. The van der Waals surface area contributed by atoms with Crippen LogP contribution in [0, 0.1) is 6.92 Å². The van der Waals surface area contributed by atoms with Crippen LogP contribution in [0.2, 0.25) is 0 Å². The number of fused-ring (bicyclic) bond motifs is 1. The summed E-state index contributed by atoms with van der Waals surface area (Å²) in [5.41, 5.74) is 1.66. The molecule has 0 amide bonds. The summed E-state index contributed by atoms with van der Waals surface area (Å²) in [7, 11) is 1.69. The van der Waals surface area contributed by atoms with Gasteiger partial charge >= 0.3 is 152 Å². The van der Waals surface area contributed by atoms with E-state index in [9.17, 15) is 13.2 Å². The van der Waals surface area contributed by atoms with E-state index in [0.717, 1.165) is 20.9 Å². The van der Waals surface area contributed by atoms with Crippen LogP contribution in [0.25, 0.3) is 10.8 Å². The number of halogens is 1. The van der Waals surface area contributed by atoms with Crippen LogP contribution in [0.3, 0.4) is 0 Å². The Labute approximate surface area is 151 Å². The monoisotopic (exact) mass is 419 g/mol. The second-order valence-corrected chi connectivity index (χ2v) is 10.2. The first kappa shape index (κ1) is 17.2. The van der Waals surface area contributed by atoms with Crippen LogP contribution in [0.1, 0.15) is 15.9 Å². The molecule has 1 radical (unpaired) electrons. The topological polar surface area (TPSA) is 51.2 Å². The molecule has 0 atom stereocenters. The van der Waals surface area contributed by atoms with Crippen molar-refractivity contribution < 1.29 is 13.2 Å². The van der Waals surface area contributed by atoms with Gasteiger partial charge in [0.25, 0.3) is 0 Å². The van der Waals surface area contributed by atoms with E-state index >= 15 is 0 Å². The van der Waals surface area contributed by atoms with Crippen LogP contribution in [0.5, 0.6) is 0 Å². The number of hydrogen-bond donors (Lipinski definition) is 0. The zero-order valence-corrected chi connectivity index (χ0v) is 16.2. The molecular weight excluding hydrogens is 407 g/mol. The van der Waals surface area contributed by atoms with Crippen LogP contribution < -0.4 is 4.35 Å². The third-order valence-electron chi connectivity index (χ3n) is 3.72. The SMILES string of the molecule is Cc1ccccc1C(=O)[As]c1ccc(S(=O)(=O)Cl)c2ccccc12. The second kappa shape index (κ2) is 6.71. The Bertz CT molecular complexity index is 1050. The van der Waals surface area contributed by atoms with E-state index in [0.29, 0.717) is 5.39 Å². The van der Waals surface area contributed by atoms with Crippen molar-refractivity contribution in [3.05, 3.63) is 71.8 Å². The summed E-state index contributed by atoms with van der Waals surface area (Å²) in [6, 6.07) is 17.8. The van der Waals surface area contributed by atoms with Gasteiger partial charge in [0, 0.05) is 0 Å². The van der Waals surface area contributed by atoms with Gasteiger partial charge in [-0.15, -0.1) is 0 Å². The molecule has 3 aromatic carbocycles. The van der Waals surface area contributed by atoms with Crippen LogP contribution in [0.4, 0.5) is 0 Å². The molecule has 0 aliphatic rings. The Morgan fingerprint density at radius 3 is 2.21 bits per heavy atom. The third kappa shape index (κ3) is 3.41. The number of hydrogen-bond acceptors (Lipinski definition) is 3. The van der Waals surface area contributed by atoms with Gasteiger partial charge < -0.3 is 0 Å². The van der Waals surface area contributed by atoms with Crippen molar-refractivity contribution in [3.63, 3.8) is 0 Å². The zero-order chi connectivity index (χ0) is 17.3. The van der Waals surface area contributed by atoms with E-state index in [2.05, 4.69) is 0 Å². The van der Waals surface area contributed by atoms with E-state index < -0.39 is 24.8 Å². The van der Waals surface area contributed by atoms with Crippen molar-refractivity contribution >= 4 is 55.2 Å². The van der Waals surface area contributed by atoms with Crippen molar-refractivity contribution in [2.75, 3.05) is 0 Å². The molecule has 3 rings (SSSR count). The Hall–Kier alpha value is -1.61. The molecule has 0 unspecified atom stereocenters. The molecule has 121 valence electrons. The molecule has 3 aromatic rings. The van der Waals surface area contributed by atoms with Crippen molar-refractivity contribution in [1.82, 2.24) is 0 Å². The van der Waals surface area contributed by atoms with Crippen molar-refractivity contribution in [3.8, 4) is 0 Å². The molecule has 0 heterocycles. The summed E-state index contributed by atoms with van der Waals surface area (Å²) in [6.07, 6.45) is 0. The molecule has 3 nitrogen and oxygen atoms in total. The quantitative estimate of drug-likeness (QED) is 0.482. The van der Waals surface area contributed by atoms with Crippen molar-refractivity contribution in [2.45, 2.75) is 11.8 Å². The normalized spacial score (nSPS) is 12.1. The number of rotatable bonds is 4. The molecule has 0 aromatic heterocycles. The minimum atomic E-state index is -3.84. The average Bonchev–Trinajstić information content (AvgIpc) is 2.54. The average molecular weight is 420 g/mol. The summed E-state index contributed by atoms with van der Waals surface area (Å²) < 4.78 is 24.5.